The van der Waals surface area contributed by atoms with E-state index in [1.54, 1.807) is 29.2 Å². The zero-order chi connectivity index (χ0) is 17.5. The lowest BCUT2D eigenvalue weighted by Crippen LogP contribution is -2.40. The first-order chi connectivity index (χ1) is 11.5. The topological polar surface area (TPSA) is 61.4 Å². The first-order valence-corrected chi connectivity index (χ1v) is 9.59. The van der Waals surface area contributed by atoms with Crippen molar-refractivity contribution in [3.05, 3.63) is 46.7 Å². The summed E-state index contributed by atoms with van der Waals surface area (Å²) in [6.07, 6.45) is 1.96. The molecule has 0 aliphatic rings. The molecule has 0 fully saturated rings. The molecule has 1 unspecified atom stereocenters. The molecule has 2 N–H and O–H groups in total. The number of carbonyl (C=O) groups is 2. The number of carbonyl (C=O) groups excluding carboxylic acids is 2. The van der Waals surface area contributed by atoms with E-state index in [-0.39, 0.29) is 6.04 Å². The number of nitrogens with zero attached hydrogens (tertiary/aromatic N) is 1. The van der Waals surface area contributed by atoms with Gasteiger partial charge in [0.25, 0.3) is 0 Å². The number of rotatable bonds is 6. The average molecular weight is 364 g/mol. The molecule has 1 heterocycles. The summed E-state index contributed by atoms with van der Waals surface area (Å²) in [4.78, 5) is 27.1. The molecular formula is C17H21N3O2S2. The van der Waals surface area contributed by atoms with E-state index in [0.717, 1.165) is 10.5 Å². The van der Waals surface area contributed by atoms with Gasteiger partial charge < -0.3 is 15.5 Å². The van der Waals surface area contributed by atoms with Gasteiger partial charge in [0.1, 0.15) is 0 Å². The van der Waals surface area contributed by atoms with Crippen LogP contribution in [0.25, 0.3) is 0 Å². The molecule has 1 atom stereocenters. The monoisotopic (exact) mass is 363 g/mol. The zero-order valence-corrected chi connectivity index (χ0v) is 15.5. The fraction of sp³-hybridized carbons (Fsp3) is 0.294. The Labute approximate surface area is 150 Å². The maximum absolute atomic E-state index is 12.1. The Balaban J connectivity index is 1.92. The summed E-state index contributed by atoms with van der Waals surface area (Å²) in [5, 5.41) is 9.38. The van der Waals surface area contributed by atoms with Gasteiger partial charge in [-0.2, -0.15) is 11.3 Å². The highest BCUT2D eigenvalue weighted by atomic mass is 32.2. The Morgan fingerprint density at radius 2 is 2.04 bits per heavy atom. The van der Waals surface area contributed by atoms with Crippen LogP contribution < -0.4 is 10.6 Å². The largest absolute Gasteiger partial charge is 0.346 e. The Morgan fingerprint density at radius 1 is 1.25 bits per heavy atom. The fourth-order valence-electron chi connectivity index (χ4n) is 2.22. The van der Waals surface area contributed by atoms with E-state index in [9.17, 15) is 9.59 Å². The number of amides is 2. The quantitative estimate of drug-likeness (QED) is 0.612. The summed E-state index contributed by atoms with van der Waals surface area (Å²) in [7, 11) is 3.89. The van der Waals surface area contributed by atoms with Crippen molar-refractivity contribution >= 4 is 40.6 Å². The number of nitrogens with one attached hydrogen (secondary N) is 2. The highest BCUT2D eigenvalue weighted by molar-refractivity contribution is 7.98. The Hall–Kier alpha value is -1.83. The van der Waals surface area contributed by atoms with Crippen molar-refractivity contribution in [2.24, 2.45) is 0 Å². The number of hydrogen-bond donors (Lipinski definition) is 2. The van der Waals surface area contributed by atoms with Gasteiger partial charge in [-0.25, -0.2) is 0 Å². The molecule has 0 saturated carbocycles. The van der Waals surface area contributed by atoms with Crippen molar-refractivity contribution in [2.45, 2.75) is 10.9 Å². The maximum Gasteiger partial charge on any atom is 0.313 e. The molecule has 1 aromatic heterocycles. The number of likely N-dealkylation sites (N-methyl/N-ethyl adjacent to an activating group) is 1. The van der Waals surface area contributed by atoms with Crippen LogP contribution in [0.15, 0.2) is 46.0 Å². The summed E-state index contributed by atoms with van der Waals surface area (Å²) < 4.78 is 0. The molecule has 5 nitrogen and oxygen atoms in total. The van der Waals surface area contributed by atoms with Gasteiger partial charge in [-0.3, -0.25) is 9.59 Å². The highest BCUT2D eigenvalue weighted by Crippen LogP contribution is 2.20. The van der Waals surface area contributed by atoms with Crippen LogP contribution >= 0.6 is 23.1 Å². The predicted molar refractivity (Wildman–Crippen MR) is 101 cm³/mol. The van der Waals surface area contributed by atoms with Gasteiger partial charge in [-0.05, 0) is 60.9 Å². The molecule has 7 heteroatoms. The number of thiophene rings is 1. The Kier molecular flexibility index (Phi) is 6.84. The minimum absolute atomic E-state index is 0.0350. The van der Waals surface area contributed by atoms with Gasteiger partial charge >= 0.3 is 11.8 Å². The first-order valence-electron chi connectivity index (χ1n) is 7.43. The number of hydrogen-bond acceptors (Lipinski definition) is 5. The molecule has 0 saturated heterocycles. The van der Waals surface area contributed by atoms with E-state index in [2.05, 4.69) is 10.6 Å². The second-order valence-corrected chi connectivity index (χ2v) is 7.09. The molecule has 2 amide bonds. The van der Waals surface area contributed by atoms with Crippen LogP contribution in [0.3, 0.4) is 0 Å². The van der Waals surface area contributed by atoms with E-state index in [1.807, 2.05) is 60.3 Å². The van der Waals surface area contributed by atoms with Gasteiger partial charge in [0, 0.05) is 17.1 Å². The third-order valence-corrected chi connectivity index (χ3v) is 4.97. The molecule has 1 aromatic carbocycles. The summed E-state index contributed by atoms with van der Waals surface area (Å²) in [5.41, 5.74) is 1.74. The van der Waals surface area contributed by atoms with Crippen molar-refractivity contribution in [3.8, 4) is 0 Å². The van der Waals surface area contributed by atoms with Crippen LogP contribution in [0.4, 0.5) is 5.69 Å². The van der Waals surface area contributed by atoms with Crippen LogP contribution in [0, 0.1) is 0 Å². The lowest BCUT2D eigenvalue weighted by molar-refractivity contribution is -0.136. The van der Waals surface area contributed by atoms with Crippen LogP contribution in [0.5, 0.6) is 0 Å². The van der Waals surface area contributed by atoms with Crippen molar-refractivity contribution in [1.29, 1.82) is 0 Å². The molecule has 128 valence electrons. The second kappa shape index (κ2) is 8.86. The molecular weight excluding hydrogens is 342 g/mol. The van der Waals surface area contributed by atoms with Gasteiger partial charge in [-0.1, -0.05) is 6.07 Å². The number of anilines is 1. The van der Waals surface area contributed by atoms with Crippen LogP contribution in [0.2, 0.25) is 0 Å². The summed E-state index contributed by atoms with van der Waals surface area (Å²) >= 11 is 3.19. The number of thioether (sulfide) groups is 1. The van der Waals surface area contributed by atoms with Crippen LogP contribution in [-0.2, 0) is 9.59 Å². The van der Waals surface area contributed by atoms with Crippen molar-refractivity contribution in [3.63, 3.8) is 0 Å². The third-order valence-electron chi connectivity index (χ3n) is 3.54. The minimum Gasteiger partial charge on any atom is -0.346 e. The van der Waals surface area contributed by atoms with E-state index < -0.39 is 11.8 Å². The summed E-state index contributed by atoms with van der Waals surface area (Å²) in [6.45, 7) is 0.376. The average Bonchev–Trinajstić information content (AvgIpc) is 3.08. The molecule has 0 radical (unpaired) electrons. The molecule has 2 rings (SSSR count). The van der Waals surface area contributed by atoms with E-state index in [0.29, 0.717) is 12.2 Å². The number of benzene rings is 1. The lowest BCUT2D eigenvalue weighted by Gasteiger charge is -2.23. The molecule has 0 aliphatic heterocycles. The Morgan fingerprint density at radius 3 is 2.67 bits per heavy atom. The normalized spacial score (nSPS) is 12.0. The third kappa shape index (κ3) is 5.09. The van der Waals surface area contributed by atoms with Crippen LogP contribution in [-0.4, -0.2) is 43.6 Å². The zero-order valence-electron chi connectivity index (χ0n) is 13.9. The SMILES string of the molecule is CSc1cccc(NC(=O)C(=O)NCC(c2ccsc2)N(C)C)c1. The predicted octanol–water partition coefficient (Wildman–Crippen LogP) is 2.83. The molecule has 0 spiro atoms. The van der Waals surface area contributed by atoms with Crippen molar-refractivity contribution < 1.29 is 9.59 Å². The van der Waals surface area contributed by atoms with Crippen molar-refractivity contribution in [1.82, 2.24) is 10.2 Å². The Bertz CT molecular complexity index is 687. The van der Waals surface area contributed by atoms with E-state index in [4.69, 9.17) is 0 Å². The molecule has 0 aliphatic carbocycles. The molecule has 2 aromatic rings. The summed E-state index contributed by atoms with van der Waals surface area (Å²) in [5.74, 6) is -1.29. The van der Waals surface area contributed by atoms with E-state index >= 15 is 0 Å². The molecule has 24 heavy (non-hydrogen) atoms. The fourth-order valence-corrected chi connectivity index (χ4v) is 3.39. The minimum atomic E-state index is -0.656. The van der Waals surface area contributed by atoms with Gasteiger partial charge in [0.2, 0.25) is 0 Å². The molecule has 0 bridgehead atoms. The van der Waals surface area contributed by atoms with Crippen LogP contribution in [0.1, 0.15) is 11.6 Å². The second-order valence-electron chi connectivity index (χ2n) is 5.43. The van der Waals surface area contributed by atoms with Gasteiger partial charge in [-0.15, -0.1) is 11.8 Å². The van der Waals surface area contributed by atoms with Crippen molar-refractivity contribution in [2.75, 3.05) is 32.2 Å². The van der Waals surface area contributed by atoms with Gasteiger partial charge in [0.15, 0.2) is 0 Å². The lowest BCUT2D eigenvalue weighted by atomic mass is 10.1. The van der Waals surface area contributed by atoms with E-state index in [1.165, 1.54) is 0 Å². The van der Waals surface area contributed by atoms with Gasteiger partial charge in [0.05, 0.1) is 6.04 Å². The standard InChI is InChI=1S/C17H21N3O2S2/c1-20(2)15(12-7-8-24-11-12)10-18-16(21)17(22)19-13-5-4-6-14(9-13)23-3/h4-9,11,15H,10H2,1-3H3,(H,18,21)(H,19,22). The summed E-state index contributed by atoms with van der Waals surface area (Å²) in [6, 6.07) is 9.45. The first kappa shape index (κ1) is 18.5. The maximum atomic E-state index is 12.1. The smallest absolute Gasteiger partial charge is 0.313 e. The highest BCUT2D eigenvalue weighted by Gasteiger charge is 2.19.